The number of piperazine rings is 1. The SMILES string of the molecule is O=C1C=C(O)c2ccccc2C1=O.O=C1c2ccccc2-c2ccc(O)cc21.OC1c2ccccc2Oc2ccccc21.OCCOCCN1CCNCC1.Oc1ccc2ccc3cccc4ccc1c2c34.Oc1cccc2cnccc12. The number of phenols is 3. The maximum absolute atomic E-state index is 11.9. The van der Waals surface area contributed by atoms with Gasteiger partial charge in [-0.1, -0.05) is 146 Å². The highest BCUT2D eigenvalue weighted by molar-refractivity contribution is 6.50. The Kier molecular flexibility index (Phi) is 17.8. The summed E-state index contributed by atoms with van der Waals surface area (Å²) < 4.78 is 10.9. The standard InChI is InChI=1S/C16H10O.C13H10O2.C13H8O2.C10H6O3.C9H7NO.C8H18N2O2/c17-14-9-7-12-5-4-10-2-1-3-11-6-8-13(14)16(12)15(10)11;14-13-9-5-1-3-7-11(9)15-12-8-4-2-6-10(12)13;14-8-5-6-10-9-3-1-2-4-11(9)13(15)12(10)7-8;11-8-5-9(12)10(13)7-4-2-1-3-6(7)8;11-9-3-1-2-7-6-10-5-4-8(7)9;11-6-8-12-7-5-10-3-1-9-2-4-10/h1-9,17H;1-8,13-14H;1-7,14H;1-5,11H;1-6,11H;9,11H,1-8H2. The molecule has 14 heteroatoms. The average molecular weight is 1110 g/mol. The van der Waals surface area contributed by atoms with Crippen LogP contribution in [0.1, 0.15) is 49.1 Å². The Labute approximate surface area is 478 Å². The van der Waals surface area contributed by atoms with Crippen LogP contribution in [0.25, 0.3) is 60.0 Å². The lowest BCUT2D eigenvalue weighted by Gasteiger charge is -2.26. The van der Waals surface area contributed by atoms with Gasteiger partial charge in [0.05, 0.1) is 19.8 Å². The van der Waals surface area contributed by atoms with Crippen molar-refractivity contribution in [3.05, 3.63) is 246 Å². The highest BCUT2D eigenvalue weighted by Crippen LogP contribution is 2.43. The van der Waals surface area contributed by atoms with E-state index in [0.717, 1.165) is 101 Å². The number of rotatable bonds is 5. The zero-order valence-corrected chi connectivity index (χ0v) is 45.1. The van der Waals surface area contributed by atoms with E-state index in [2.05, 4.69) is 51.6 Å². The first-order valence-electron chi connectivity index (χ1n) is 27.1. The largest absolute Gasteiger partial charge is 0.508 e. The fraction of sp³-hybridized carbons (Fsp3) is 0.130. The molecule has 14 nitrogen and oxygen atoms in total. The number of benzene rings is 10. The summed E-state index contributed by atoms with van der Waals surface area (Å²) in [7, 11) is 0. The summed E-state index contributed by atoms with van der Waals surface area (Å²) >= 11 is 0. The maximum atomic E-state index is 11.9. The average Bonchev–Trinajstić information content (AvgIpc) is 3.99. The minimum atomic E-state index is -0.670. The zero-order valence-electron chi connectivity index (χ0n) is 45.1. The van der Waals surface area contributed by atoms with Gasteiger partial charge < -0.3 is 45.4 Å². The molecule has 1 fully saturated rings. The summed E-state index contributed by atoms with van der Waals surface area (Å²) in [5.74, 6) is 0.907. The Morgan fingerprint density at radius 3 is 1.78 bits per heavy atom. The smallest absolute Gasteiger partial charge is 0.233 e. The second-order valence-electron chi connectivity index (χ2n) is 19.7. The predicted molar refractivity (Wildman–Crippen MR) is 323 cm³/mol. The fourth-order valence-electron chi connectivity index (χ4n) is 10.3. The molecule has 15 rings (SSSR count). The lowest BCUT2D eigenvalue weighted by molar-refractivity contribution is -0.111. The molecular formula is C69H59N3O11. The molecule has 416 valence electrons. The van der Waals surface area contributed by atoms with Crippen molar-refractivity contribution in [1.29, 1.82) is 0 Å². The minimum Gasteiger partial charge on any atom is -0.508 e. The number of aromatic nitrogens is 1. The topological polar surface area (TPSA) is 219 Å². The number of aromatic hydroxyl groups is 3. The normalized spacial score (nSPS) is 13.8. The van der Waals surface area contributed by atoms with Crippen LogP contribution in [-0.4, -0.2) is 110 Å². The number of nitrogens with zero attached hydrogens (tertiary/aromatic N) is 2. The zero-order chi connectivity index (χ0) is 57.8. The van der Waals surface area contributed by atoms with Gasteiger partial charge in [0.15, 0.2) is 5.78 Å². The van der Waals surface area contributed by atoms with Crippen LogP contribution in [0.2, 0.25) is 0 Å². The molecule has 0 unspecified atom stereocenters. The molecule has 0 spiro atoms. The monoisotopic (exact) mass is 1110 g/mol. The number of ether oxygens (including phenoxy) is 2. The van der Waals surface area contributed by atoms with E-state index in [9.17, 15) is 39.9 Å². The Balaban J connectivity index is 0.000000112. The molecule has 0 amide bonds. The summed E-state index contributed by atoms with van der Waals surface area (Å²) in [6, 6.07) is 59.6. The number of pyridine rings is 1. The first-order chi connectivity index (χ1) is 40.5. The van der Waals surface area contributed by atoms with Crippen LogP contribution in [-0.2, 0) is 9.53 Å². The van der Waals surface area contributed by atoms with Gasteiger partial charge >= 0.3 is 0 Å². The van der Waals surface area contributed by atoms with Crippen molar-refractivity contribution in [2.75, 3.05) is 52.5 Å². The van der Waals surface area contributed by atoms with E-state index in [4.69, 9.17) is 14.6 Å². The number of carbonyl (C=O) groups excluding carboxylic acids is 3. The van der Waals surface area contributed by atoms with Gasteiger partial charge in [0.1, 0.15) is 40.6 Å². The van der Waals surface area contributed by atoms with Gasteiger partial charge in [0.25, 0.3) is 0 Å². The molecule has 2 aliphatic heterocycles. The third-order valence-corrected chi connectivity index (χ3v) is 14.5. The van der Waals surface area contributed by atoms with E-state index in [1.54, 1.807) is 67.0 Å². The number of para-hydroxylation sites is 2. The van der Waals surface area contributed by atoms with E-state index in [1.807, 2.05) is 91.0 Å². The van der Waals surface area contributed by atoms with Crippen LogP contribution in [0, 0.1) is 0 Å². The first-order valence-corrected chi connectivity index (χ1v) is 27.1. The highest BCUT2D eigenvalue weighted by atomic mass is 16.5. The number of Topliss-reactive ketones (excluding diaryl/α,β-unsaturated/α-hetero) is 1. The number of nitrogens with one attached hydrogen (secondary N) is 1. The minimum absolute atomic E-state index is 0.00324. The van der Waals surface area contributed by atoms with Gasteiger partial charge in [0, 0.05) is 106 Å². The van der Waals surface area contributed by atoms with Gasteiger partial charge in [-0.15, -0.1) is 0 Å². The molecule has 1 saturated heterocycles. The van der Waals surface area contributed by atoms with Gasteiger partial charge in [-0.05, 0) is 81.2 Å². The summed E-state index contributed by atoms with van der Waals surface area (Å²) in [6.45, 7) is 6.71. The second-order valence-corrected chi connectivity index (χ2v) is 19.7. The summed E-state index contributed by atoms with van der Waals surface area (Å²) in [4.78, 5) is 40.5. The summed E-state index contributed by atoms with van der Waals surface area (Å²) in [5, 5.41) is 68.7. The van der Waals surface area contributed by atoms with E-state index in [1.165, 1.54) is 39.1 Å². The van der Waals surface area contributed by atoms with Crippen LogP contribution in [0.5, 0.6) is 28.7 Å². The number of aliphatic hydroxyl groups is 3. The summed E-state index contributed by atoms with van der Waals surface area (Å²) in [5.41, 5.74) is 5.53. The van der Waals surface area contributed by atoms with Crippen molar-refractivity contribution >= 4 is 66.2 Å². The molecule has 0 bridgehead atoms. The Morgan fingerprint density at radius 1 is 0.530 bits per heavy atom. The van der Waals surface area contributed by atoms with E-state index < -0.39 is 17.7 Å². The summed E-state index contributed by atoms with van der Waals surface area (Å²) in [6.07, 6.45) is 3.77. The van der Waals surface area contributed by atoms with E-state index >= 15 is 0 Å². The molecule has 7 N–H and O–H groups in total. The van der Waals surface area contributed by atoms with Crippen LogP contribution < -0.4 is 10.1 Å². The van der Waals surface area contributed by atoms with Crippen molar-refractivity contribution in [3.8, 4) is 39.9 Å². The predicted octanol–water partition coefficient (Wildman–Crippen LogP) is 12.0. The Bertz CT molecular complexity index is 4090. The number of hydrogen-bond donors (Lipinski definition) is 7. The molecule has 0 saturated carbocycles. The number of fused-ring (bicyclic) bond motifs is 7. The van der Waals surface area contributed by atoms with Crippen LogP contribution in [0.15, 0.2) is 213 Å². The van der Waals surface area contributed by atoms with E-state index in [0.29, 0.717) is 29.2 Å². The lowest BCUT2D eigenvalue weighted by atomic mass is 9.94. The quantitative estimate of drug-likeness (QED) is 0.0485. The van der Waals surface area contributed by atoms with Crippen LogP contribution >= 0.6 is 0 Å². The number of carbonyl (C=O) groups is 3. The first kappa shape index (κ1) is 56.5. The van der Waals surface area contributed by atoms with E-state index in [-0.39, 0.29) is 29.5 Å². The molecule has 11 aromatic rings. The molecule has 0 radical (unpaired) electrons. The fourth-order valence-corrected chi connectivity index (χ4v) is 10.3. The number of ketones is 3. The molecular weight excluding hydrogens is 1050 g/mol. The van der Waals surface area contributed by atoms with Crippen molar-refractivity contribution in [1.82, 2.24) is 15.2 Å². The molecule has 3 heterocycles. The Morgan fingerprint density at radius 2 is 1.10 bits per heavy atom. The molecule has 10 aromatic carbocycles. The van der Waals surface area contributed by atoms with Crippen molar-refractivity contribution in [2.45, 2.75) is 6.10 Å². The van der Waals surface area contributed by atoms with Crippen molar-refractivity contribution in [3.63, 3.8) is 0 Å². The van der Waals surface area contributed by atoms with Gasteiger partial charge in [-0.25, -0.2) is 0 Å². The molecule has 0 atom stereocenters. The van der Waals surface area contributed by atoms with Crippen LogP contribution in [0.4, 0.5) is 0 Å². The van der Waals surface area contributed by atoms with Crippen LogP contribution in [0.3, 0.4) is 0 Å². The highest BCUT2D eigenvalue weighted by Gasteiger charge is 2.27. The molecule has 1 aromatic heterocycles. The van der Waals surface area contributed by atoms with Crippen molar-refractivity contribution in [2.24, 2.45) is 0 Å². The molecule has 2 aliphatic carbocycles. The Hall–Kier alpha value is -9.80. The van der Waals surface area contributed by atoms with Gasteiger partial charge in [0.2, 0.25) is 11.6 Å². The molecule has 83 heavy (non-hydrogen) atoms. The number of aliphatic hydroxyl groups excluding tert-OH is 3. The maximum Gasteiger partial charge on any atom is 0.233 e. The van der Waals surface area contributed by atoms with Gasteiger partial charge in [-0.2, -0.15) is 0 Å². The van der Waals surface area contributed by atoms with Crippen molar-refractivity contribution < 1.29 is 54.5 Å². The second kappa shape index (κ2) is 26.2. The number of hydrogen-bond acceptors (Lipinski definition) is 14. The number of allylic oxidation sites excluding steroid dienone is 1. The third-order valence-electron chi connectivity index (χ3n) is 14.5. The molecule has 4 aliphatic rings. The number of phenolic OH excluding ortho intramolecular Hbond substituents is 3. The lowest BCUT2D eigenvalue weighted by Crippen LogP contribution is -2.44. The third kappa shape index (κ3) is 12.7. The van der Waals surface area contributed by atoms with Gasteiger partial charge in [-0.3, -0.25) is 24.3 Å².